The maximum atomic E-state index is 14.4. The predicted octanol–water partition coefficient (Wildman–Crippen LogP) is 8.30. The van der Waals surface area contributed by atoms with Gasteiger partial charge in [-0.05, 0) is 80.5 Å². The molecule has 0 saturated heterocycles. The van der Waals surface area contributed by atoms with Crippen LogP contribution in [0.4, 0.5) is 0 Å². The van der Waals surface area contributed by atoms with Crippen LogP contribution < -0.4 is 5.32 Å². The molecule has 264 valence electrons. The molecular formula is C40H49N5O5. The number of aryl methyl sites for hydroxylation is 3. The van der Waals surface area contributed by atoms with Crippen LogP contribution in [0.3, 0.4) is 0 Å². The van der Waals surface area contributed by atoms with Crippen LogP contribution in [0.25, 0.3) is 39.3 Å². The van der Waals surface area contributed by atoms with E-state index in [1.807, 2.05) is 32.1 Å². The zero-order valence-electron chi connectivity index (χ0n) is 30.3. The molecule has 10 nitrogen and oxygen atoms in total. The van der Waals surface area contributed by atoms with E-state index in [1.54, 1.807) is 6.92 Å². The Morgan fingerprint density at radius 1 is 0.980 bits per heavy atom. The molecule has 5 rings (SSSR count). The number of nitrogens with zero attached hydrogens (tertiary/aromatic N) is 2. The molecule has 0 radical (unpaired) electrons. The van der Waals surface area contributed by atoms with Crippen LogP contribution in [0, 0.1) is 13.8 Å². The normalized spacial score (nSPS) is 15.7. The number of esters is 1. The van der Waals surface area contributed by atoms with Gasteiger partial charge in [-0.2, -0.15) is 0 Å². The number of unbranched alkanes of at least 4 members (excludes halogenated alkanes) is 3. The van der Waals surface area contributed by atoms with E-state index in [-0.39, 0.29) is 41.1 Å². The molecule has 0 saturated carbocycles. The van der Waals surface area contributed by atoms with Crippen molar-refractivity contribution in [1.29, 1.82) is 0 Å². The number of carboxylic acids is 1. The Kier molecular flexibility index (Phi) is 11.1. The highest BCUT2D eigenvalue weighted by molar-refractivity contribution is 6.26. The largest absolute Gasteiger partial charge is 0.478 e. The minimum Gasteiger partial charge on any atom is -0.478 e. The quantitative estimate of drug-likeness (QED) is 0.111. The third-order valence-electron chi connectivity index (χ3n) is 10.3. The fourth-order valence-electron chi connectivity index (χ4n) is 7.28. The van der Waals surface area contributed by atoms with Crippen LogP contribution in [-0.4, -0.2) is 56.5 Å². The molecule has 0 spiro atoms. The second-order valence-corrected chi connectivity index (χ2v) is 13.3. The van der Waals surface area contributed by atoms with Gasteiger partial charge in [-0.15, -0.1) is 0 Å². The summed E-state index contributed by atoms with van der Waals surface area (Å²) in [6.07, 6.45) is 6.91. The van der Waals surface area contributed by atoms with Crippen LogP contribution in [-0.2, 0) is 20.7 Å². The van der Waals surface area contributed by atoms with Crippen molar-refractivity contribution in [3.8, 4) is 0 Å². The summed E-state index contributed by atoms with van der Waals surface area (Å²) >= 11 is 0. The molecule has 0 aliphatic carbocycles. The second kappa shape index (κ2) is 15.3. The number of nitrogens with one attached hydrogen (secondary N) is 3. The van der Waals surface area contributed by atoms with E-state index in [1.165, 1.54) is 7.11 Å². The first kappa shape index (κ1) is 36.3. The summed E-state index contributed by atoms with van der Waals surface area (Å²) in [5, 5.41) is 13.7. The number of carbonyl (C=O) groups excluding carboxylic acids is 2. The molecule has 2 aliphatic heterocycles. The van der Waals surface area contributed by atoms with Gasteiger partial charge in [-0.1, -0.05) is 52.7 Å². The van der Waals surface area contributed by atoms with Gasteiger partial charge in [0.25, 0.3) is 5.91 Å². The lowest BCUT2D eigenvalue weighted by Gasteiger charge is -2.18. The van der Waals surface area contributed by atoms with E-state index in [0.29, 0.717) is 35.6 Å². The van der Waals surface area contributed by atoms with Crippen molar-refractivity contribution in [2.45, 2.75) is 98.3 Å². The maximum absolute atomic E-state index is 14.4. The number of methoxy groups -OCH3 is 1. The summed E-state index contributed by atoms with van der Waals surface area (Å²) in [4.78, 5) is 57.0. The van der Waals surface area contributed by atoms with Crippen molar-refractivity contribution >= 4 is 57.1 Å². The van der Waals surface area contributed by atoms with Gasteiger partial charge in [0.05, 0.1) is 35.3 Å². The van der Waals surface area contributed by atoms with E-state index in [0.717, 1.165) is 76.4 Å². The van der Waals surface area contributed by atoms with Crippen molar-refractivity contribution < 1.29 is 24.2 Å². The number of allylic oxidation sites excluding steroid dienone is 1. The fraction of sp³-hybridized carbons (Fsp3) is 0.425. The summed E-state index contributed by atoms with van der Waals surface area (Å²) in [6.45, 7) is 16.6. The minimum atomic E-state index is -1.18. The van der Waals surface area contributed by atoms with E-state index in [9.17, 15) is 19.5 Å². The van der Waals surface area contributed by atoms with Crippen LogP contribution in [0.2, 0.25) is 0 Å². The van der Waals surface area contributed by atoms with Crippen molar-refractivity contribution in [2.75, 3.05) is 13.7 Å². The zero-order valence-corrected chi connectivity index (χ0v) is 30.3. The third-order valence-corrected chi connectivity index (χ3v) is 10.3. The van der Waals surface area contributed by atoms with Gasteiger partial charge in [0, 0.05) is 58.1 Å². The van der Waals surface area contributed by atoms with Crippen LogP contribution in [0.1, 0.15) is 133 Å². The third kappa shape index (κ3) is 6.88. The van der Waals surface area contributed by atoms with Crippen molar-refractivity contribution in [2.24, 2.45) is 0 Å². The van der Waals surface area contributed by atoms with Gasteiger partial charge < -0.3 is 25.1 Å². The number of aromatic nitrogens is 4. The zero-order chi connectivity index (χ0) is 36.3. The van der Waals surface area contributed by atoms with Crippen molar-refractivity contribution in [1.82, 2.24) is 25.3 Å². The number of fused-ring (bicyclic) bond motifs is 8. The molecule has 4 N–H and O–H groups in total. The number of aliphatic carboxylic acids is 1. The first-order chi connectivity index (χ1) is 23.9. The van der Waals surface area contributed by atoms with Crippen molar-refractivity contribution in [3.05, 3.63) is 75.4 Å². The molecule has 0 aromatic carbocycles. The van der Waals surface area contributed by atoms with Gasteiger partial charge in [0.1, 0.15) is 0 Å². The van der Waals surface area contributed by atoms with Crippen LogP contribution in [0.5, 0.6) is 0 Å². The maximum Gasteiger partial charge on any atom is 0.338 e. The van der Waals surface area contributed by atoms with Gasteiger partial charge >= 0.3 is 11.9 Å². The predicted molar refractivity (Wildman–Crippen MR) is 199 cm³/mol. The van der Waals surface area contributed by atoms with Gasteiger partial charge in [0.2, 0.25) is 0 Å². The Bertz CT molecular complexity index is 2050. The summed E-state index contributed by atoms with van der Waals surface area (Å²) in [5.74, 6) is -2.58. The number of hydrogen-bond donors (Lipinski definition) is 4. The number of rotatable bonds is 12. The topological polar surface area (TPSA) is 150 Å². The molecule has 2 aliphatic rings. The Hall–Kier alpha value is -4.99. The Labute approximate surface area is 293 Å². The number of amides is 1. The summed E-state index contributed by atoms with van der Waals surface area (Å²) in [6, 6.07) is 5.94. The van der Waals surface area contributed by atoms with Gasteiger partial charge in [-0.25, -0.2) is 9.78 Å². The lowest BCUT2D eigenvalue weighted by molar-refractivity contribution is -0.140. The van der Waals surface area contributed by atoms with Gasteiger partial charge in [0.15, 0.2) is 0 Å². The number of carboxylic acid groups (broad SMARTS) is 1. The first-order valence-electron chi connectivity index (χ1n) is 17.6. The molecular weight excluding hydrogens is 630 g/mol. The summed E-state index contributed by atoms with van der Waals surface area (Å²) in [5.41, 5.74) is 9.81. The summed E-state index contributed by atoms with van der Waals surface area (Å²) < 4.78 is 4.98. The number of H-pyrrole nitrogens is 2. The van der Waals surface area contributed by atoms with Crippen molar-refractivity contribution in [3.63, 3.8) is 0 Å². The molecule has 10 heteroatoms. The standard InChI is InChI=1S/C40H49N5O5/c1-9-12-13-14-17-41-39(47)36-37-27(15-16-34(46)50-8)23(6)30(44-37)18-28-21(4)25(10-2)32(42-28)19-29-22(5)26(11-3)33(43-29)20-31-24(7)35(40(48)49)38(36)45-31/h10,18-20,23,27,42-43H,2,9,11-17H2,1,3-8H3,(H,41,47)(H,48,49)/t23-,27-/m0/s1. The van der Waals surface area contributed by atoms with E-state index >= 15 is 0 Å². The summed E-state index contributed by atoms with van der Waals surface area (Å²) in [7, 11) is 1.35. The molecule has 5 heterocycles. The molecule has 3 aromatic rings. The molecule has 0 fully saturated rings. The monoisotopic (exact) mass is 679 g/mol. The molecule has 1 amide bonds. The van der Waals surface area contributed by atoms with E-state index < -0.39 is 11.9 Å². The lowest BCUT2D eigenvalue weighted by atomic mass is 9.85. The van der Waals surface area contributed by atoms with E-state index in [2.05, 4.69) is 48.7 Å². The average molecular weight is 680 g/mol. The molecule has 50 heavy (non-hydrogen) atoms. The highest BCUT2D eigenvalue weighted by Gasteiger charge is 2.37. The molecule has 8 bridgehead atoms. The lowest BCUT2D eigenvalue weighted by Crippen LogP contribution is -2.27. The molecule has 2 atom stereocenters. The number of aromatic amines is 2. The Morgan fingerprint density at radius 3 is 2.36 bits per heavy atom. The minimum absolute atomic E-state index is 0.0376. The molecule has 3 aromatic heterocycles. The Morgan fingerprint density at radius 2 is 1.70 bits per heavy atom. The average Bonchev–Trinajstić information content (AvgIpc) is 3.76. The van der Waals surface area contributed by atoms with Gasteiger partial charge in [-0.3, -0.25) is 14.6 Å². The number of carbonyl (C=O) groups is 3. The highest BCUT2D eigenvalue weighted by Crippen LogP contribution is 2.43. The first-order valence-corrected chi connectivity index (χ1v) is 17.6. The fourth-order valence-corrected chi connectivity index (χ4v) is 7.28. The highest BCUT2D eigenvalue weighted by atomic mass is 16.5. The van der Waals surface area contributed by atoms with E-state index in [4.69, 9.17) is 14.7 Å². The number of ether oxygens (including phenoxy) is 1. The Balaban J connectivity index is 1.95. The van der Waals surface area contributed by atoms with Crippen LogP contribution in [0.15, 0.2) is 24.8 Å². The number of hydrogen-bond acceptors (Lipinski definition) is 6. The molecule has 0 unspecified atom stereocenters. The smallest absolute Gasteiger partial charge is 0.338 e. The van der Waals surface area contributed by atoms with Crippen LogP contribution >= 0.6 is 0 Å². The SMILES string of the molecule is C=Cc1c(C)c2cc3nc(c(C(=O)NCCCCCC)c4nc(cc5[nH]c(cc1[nH]2)c(C)c5CC)C(C)=C4C(=O)O)[C@@H](CCC(=O)OC)[C@@H]3C. The second-order valence-electron chi connectivity index (χ2n) is 13.3.